The third kappa shape index (κ3) is 4.66. The molecule has 0 saturated carbocycles. The van der Waals surface area contributed by atoms with Crippen molar-refractivity contribution in [2.45, 2.75) is 12.7 Å². The molecule has 35 heavy (non-hydrogen) atoms. The number of amides is 2. The summed E-state index contributed by atoms with van der Waals surface area (Å²) in [5.41, 5.74) is 1.33. The Balaban J connectivity index is 1.71. The van der Waals surface area contributed by atoms with Gasteiger partial charge < -0.3 is 19.7 Å². The Morgan fingerprint density at radius 2 is 1.97 bits per heavy atom. The Hall–Kier alpha value is -4.39. The van der Waals surface area contributed by atoms with Crippen molar-refractivity contribution in [3.63, 3.8) is 0 Å². The van der Waals surface area contributed by atoms with Crippen molar-refractivity contribution in [1.29, 1.82) is 0 Å². The third-order valence-corrected chi connectivity index (χ3v) is 5.16. The summed E-state index contributed by atoms with van der Waals surface area (Å²) in [6.07, 6.45) is -4.27. The standard InChI is InChI=1S/C22H18F3N5O5/c1-30-10-12-4-3-5-15(17(12)20(30)32)35-19-13(22(23,24)25)9-26-21(28-19)27-14-7-6-11(18(31)29-33)8-16(14)34-2/h3-9,33H,10H2,1-2H3,(H,29,31)(H,26,27,28). The molecule has 0 spiro atoms. The van der Waals surface area contributed by atoms with Crippen molar-refractivity contribution in [2.75, 3.05) is 19.5 Å². The van der Waals surface area contributed by atoms with Gasteiger partial charge >= 0.3 is 6.18 Å². The van der Waals surface area contributed by atoms with Crippen LogP contribution in [-0.4, -0.2) is 46.0 Å². The van der Waals surface area contributed by atoms with Crippen LogP contribution in [-0.2, 0) is 12.7 Å². The van der Waals surface area contributed by atoms with Gasteiger partial charge in [-0.15, -0.1) is 0 Å². The maximum atomic E-state index is 13.7. The maximum Gasteiger partial charge on any atom is 0.423 e. The number of nitrogens with zero attached hydrogens (tertiary/aromatic N) is 3. The molecule has 182 valence electrons. The molecule has 0 saturated heterocycles. The number of nitrogens with one attached hydrogen (secondary N) is 2. The van der Waals surface area contributed by atoms with E-state index in [0.717, 1.165) is 0 Å². The first-order valence-electron chi connectivity index (χ1n) is 10.0. The van der Waals surface area contributed by atoms with Gasteiger partial charge in [0.15, 0.2) is 0 Å². The highest BCUT2D eigenvalue weighted by Crippen LogP contribution is 2.40. The van der Waals surface area contributed by atoms with Crippen molar-refractivity contribution in [1.82, 2.24) is 20.3 Å². The smallest absolute Gasteiger partial charge is 0.423 e. The van der Waals surface area contributed by atoms with Gasteiger partial charge in [0, 0.05) is 25.4 Å². The van der Waals surface area contributed by atoms with Gasteiger partial charge in [-0.1, -0.05) is 12.1 Å². The molecule has 0 aliphatic carbocycles. The second-order valence-corrected chi connectivity index (χ2v) is 7.44. The van der Waals surface area contributed by atoms with E-state index in [0.29, 0.717) is 18.3 Å². The normalized spacial score (nSPS) is 12.9. The quantitative estimate of drug-likeness (QED) is 0.353. The fourth-order valence-corrected chi connectivity index (χ4v) is 3.48. The molecule has 0 unspecified atom stereocenters. The minimum atomic E-state index is -4.83. The van der Waals surface area contributed by atoms with Crippen LogP contribution < -0.4 is 20.3 Å². The highest BCUT2D eigenvalue weighted by molar-refractivity contribution is 6.00. The van der Waals surface area contributed by atoms with Gasteiger partial charge in [-0.25, -0.2) is 10.5 Å². The lowest BCUT2D eigenvalue weighted by molar-refractivity contribution is -0.139. The zero-order valence-corrected chi connectivity index (χ0v) is 18.3. The zero-order chi connectivity index (χ0) is 25.3. The number of benzene rings is 2. The number of aromatic nitrogens is 2. The maximum absolute atomic E-state index is 13.7. The van der Waals surface area contributed by atoms with Gasteiger partial charge in [0.25, 0.3) is 11.8 Å². The molecule has 2 heterocycles. The number of hydrogen-bond donors (Lipinski definition) is 3. The summed E-state index contributed by atoms with van der Waals surface area (Å²) < 4.78 is 51.7. The molecule has 10 nitrogen and oxygen atoms in total. The molecule has 0 atom stereocenters. The van der Waals surface area contributed by atoms with Crippen LogP contribution in [0.3, 0.4) is 0 Å². The largest absolute Gasteiger partial charge is 0.495 e. The molecule has 2 aromatic carbocycles. The summed E-state index contributed by atoms with van der Waals surface area (Å²) in [6.45, 7) is 0.304. The number of ether oxygens (including phenoxy) is 2. The van der Waals surface area contributed by atoms with E-state index < -0.39 is 23.5 Å². The molecule has 13 heteroatoms. The second-order valence-electron chi connectivity index (χ2n) is 7.44. The average molecular weight is 489 g/mol. The SMILES string of the molecule is COc1cc(C(=O)NO)ccc1Nc1ncc(C(F)(F)F)c(Oc2cccc3c2C(=O)N(C)C3)n1. The molecule has 2 amide bonds. The Bertz CT molecular complexity index is 1320. The monoisotopic (exact) mass is 489 g/mol. The van der Waals surface area contributed by atoms with Gasteiger partial charge in [-0.3, -0.25) is 14.8 Å². The lowest BCUT2D eigenvalue weighted by Gasteiger charge is -2.16. The number of carbonyl (C=O) groups excluding carboxylic acids is 2. The van der Waals surface area contributed by atoms with Crippen molar-refractivity contribution < 1.29 is 37.4 Å². The summed E-state index contributed by atoms with van der Waals surface area (Å²) in [5, 5.41) is 11.5. The molecule has 3 aromatic rings. The molecular weight excluding hydrogens is 471 g/mol. The number of halogens is 3. The predicted molar refractivity (Wildman–Crippen MR) is 115 cm³/mol. The summed E-state index contributed by atoms with van der Waals surface area (Å²) in [6, 6.07) is 8.68. The van der Waals surface area contributed by atoms with E-state index in [2.05, 4.69) is 15.3 Å². The fraction of sp³-hybridized carbons (Fsp3) is 0.182. The number of anilines is 2. The molecule has 1 aliphatic rings. The van der Waals surface area contributed by atoms with Crippen LogP contribution >= 0.6 is 0 Å². The minimum absolute atomic E-state index is 0.0658. The minimum Gasteiger partial charge on any atom is -0.495 e. The van der Waals surface area contributed by atoms with Crippen molar-refractivity contribution in [3.05, 3.63) is 64.8 Å². The fourth-order valence-electron chi connectivity index (χ4n) is 3.48. The van der Waals surface area contributed by atoms with E-state index in [-0.39, 0.29) is 40.2 Å². The molecule has 4 rings (SSSR count). The highest BCUT2D eigenvalue weighted by atomic mass is 19.4. The Kier molecular flexibility index (Phi) is 6.18. The third-order valence-electron chi connectivity index (χ3n) is 5.16. The molecular formula is C22H18F3N5O5. The first-order valence-corrected chi connectivity index (χ1v) is 10.0. The number of hydroxylamine groups is 1. The lowest BCUT2D eigenvalue weighted by Crippen LogP contribution is -2.18. The summed E-state index contributed by atoms with van der Waals surface area (Å²) in [5.74, 6) is -2.17. The second kappa shape index (κ2) is 9.10. The van der Waals surface area contributed by atoms with E-state index in [1.54, 1.807) is 19.2 Å². The predicted octanol–water partition coefficient (Wildman–Crippen LogP) is 3.74. The Labute approximate surface area is 196 Å². The molecule has 3 N–H and O–H groups in total. The number of rotatable bonds is 6. The molecule has 1 aromatic heterocycles. The Morgan fingerprint density at radius 1 is 1.20 bits per heavy atom. The van der Waals surface area contributed by atoms with Crippen molar-refractivity contribution in [2.24, 2.45) is 0 Å². The molecule has 0 radical (unpaired) electrons. The topological polar surface area (TPSA) is 126 Å². The van der Waals surface area contributed by atoms with Crippen LogP contribution in [0.25, 0.3) is 0 Å². The van der Waals surface area contributed by atoms with E-state index in [4.69, 9.17) is 14.7 Å². The van der Waals surface area contributed by atoms with Crippen LogP contribution in [0.5, 0.6) is 17.4 Å². The lowest BCUT2D eigenvalue weighted by atomic mass is 10.1. The van der Waals surface area contributed by atoms with Crippen LogP contribution in [0.1, 0.15) is 31.8 Å². The van der Waals surface area contributed by atoms with Crippen LogP contribution in [0, 0.1) is 0 Å². The number of methoxy groups -OCH3 is 1. The first-order chi connectivity index (χ1) is 16.6. The zero-order valence-electron chi connectivity index (χ0n) is 18.3. The van der Waals surface area contributed by atoms with Gasteiger partial charge in [0.2, 0.25) is 11.8 Å². The van der Waals surface area contributed by atoms with Gasteiger partial charge in [-0.2, -0.15) is 18.2 Å². The number of hydrogen-bond acceptors (Lipinski definition) is 8. The van der Waals surface area contributed by atoms with Crippen LogP contribution in [0.2, 0.25) is 0 Å². The van der Waals surface area contributed by atoms with E-state index in [1.165, 1.54) is 41.8 Å². The summed E-state index contributed by atoms with van der Waals surface area (Å²) in [4.78, 5) is 33.1. The summed E-state index contributed by atoms with van der Waals surface area (Å²) >= 11 is 0. The van der Waals surface area contributed by atoms with E-state index >= 15 is 0 Å². The summed E-state index contributed by atoms with van der Waals surface area (Å²) in [7, 11) is 2.89. The van der Waals surface area contributed by atoms with Crippen molar-refractivity contribution >= 4 is 23.5 Å². The average Bonchev–Trinajstić information content (AvgIpc) is 3.12. The van der Waals surface area contributed by atoms with Crippen LogP contribution in [0.15, 0.2) is 42.6 Å². The van der Waals surface area contributed by atoms with Gasteiger partial charge in [-0.05, 0) is 29.8 Å². The molecule has 0 fully saturated rings. The molecule has 0 bridgehead atoms. The molecule has 1 aliphatic heterocycles. The van der Waals surface area contributed by atoms with Gasteiger partial charge in [0.1, 0.15) is 17.1 Å². The van der Waals surface area contributed by atoms with Crippen LogP contribution in [0.4, 0.5) is 24.8 Å². The number of alkyl halides is 3. The van der Waals surface area contributed by atoms with Crippen molar-refractivity contribution in [3.8, 4) is 17.4 Å². The van der Waals surface area contributed by atoms with E-state index in [9.17, 15) is 22.8 Å². The Morgan fingerprint density at radius 3 is 2.66 bits per heavy atom. The highest BCUT2D eigenvalue weighted by Gasteiger charge is 2.37. The first kappa shape index (κ1) is 23.8. The number of carbonyl (C=O) groups is 2. The van der Waals surface area contributed by atoms with E-state index in [1.807, 2.05) is 0 Å². The van der Waals surface area contributed by atoms with Gasteiger partial charge in [0.05, 0.1) is 18.4 Å². The number of fused-ring (bicyclic) bond motifs is 1.